The van der Waals surface area contributed by atoms with Crippen LogP contribution in [0.15, 0.2) is 64.9 Å². The van der Waals surface area contributed by atoms with Crippen molar-refractivity contribution < 1.29 is 4.79 Å². The number of para-hydroxylation sites is 1. The van der Waals surface area contributed by atoms with Gasteiger partial charge in [-0.15, -0.1) is 16.4 Å². The molecular formula is C18H15N5O2S. The van der Waals surface area contributed by atoms with Crippen molar-refractivity contribution in [1.29, 1.82) is 0 Å². The summed E-state index contributed by atoms with van der Waals surface area (Å²) in [5.41, 5.74) is 1.80. The molecule has 4 aromatic rings. The van der Waals surface area contributed by atoms with Crippen molar-refractivity contribution >= 4 is 33.7 Å². The second-order valence-electron chi connectivity index (χ2n) is 5.68. The molecule has 0 bridgehead atoms. The molecule has 1 amide bonds. The van der Waals surface area contributed by atoms with E-state index < -0.39 is 0 Å². The predicted octanol–water partition coefficient (Wildman–Crippen LogP) is 2.69. The number of benzene rings is 1. The molecule has 0 saturated carbocycles. The zero-order valence-corrected chi connectivity index (χ0v) is 14.8. The monoisotopic (exact) mass is 365 g/mol. The summed E-state index contributed by atoms with van der Waals surface area (Å²) >= 11 is 1.36. The fourth-order valence-electron chi connectivity index (χ4n) is 2.70. The van der Waals surface area contributed by atoms with E-state index in [0.717, 1.165) is 5.69 Å². The van der Waals surface area contributed by atoms with Gasteiger partial charge in [0.2, 0.25) is 5.91 Å². The minimum absolute atomic E-state index is 0.123. The Kier molecular flexibility index (Phi) is 4.10. The van der Waals surface area contributed by atoms with E-state index in [2.05, 4.69) is 10.1 Å². The molecule has 4 rings (SSSR count). The molecule has 0 aliphatic carbocycles. The minimum Gasteiger partial charge on any atom is -0.274 e. The fraction of sp³-hybridized carbons (Fsp3) is 0.111. The standard InChI is InChI=1S/C18H15N5O2S/c1-13(24)23(15-7-3-2-4-8-15)17-19-14(12-26-17)11-22-18(25)21-10-6-5-9-16(21)20-22/h2-10,12H,11H2,1H3. The third-order valence-corrected chi connectivity index (χ3v) is 4.73. The molecule has 0 spiro atoms. The fourth-order valence-corrected chi connectivity index (χ4v) is 3.58. The molecule has 0 atom stereocenters. The summed E-state index contributed by atoms with van der Waals surface area (Å²) in [7, 11) is 0. The normalized spacial score (nSPS) is 11.0. The number of fused-ring (bicyclic) bond motifs is 1. The largest absolute Gasteiger partial charge is 0.350 e. The van der Waals surface area contributed by atoms with Crippen LogP contribution in [0.1, 0.15) is 12.6 Å². The topological polar surface area (TPSA) is 72.5 Å². The van der Waals surface area contributed by atoms with Crippen LogP contribution in [-0.4, -0.2) is 25.1 Å². The van der Waals surface area contributed by atoms with E-state index in [1.807, 2.05) is 41.8 Å². The lowest BCUT2D eigenvalue weighted by Gasteiger charge is -2.17. The first-order chi connectivity index (χ1) is 12.6. The van der Waals surface area contributed by atoms with Crippen molar-refractivity contribution in [2.45, 2.75) is 13.5 Å². The number of aromatic nitrogens is 4. The molecule has 3 aromatic heterocycles. The van der Waals surface area contributed by atoms with E-state index in [0.29, 0.717) is 16.5 Å². The zero-order valence-electron chi connectivity index (χ0n) is 13.9. The first kappa shape index (κ1) is 16.2. The van der Waals surface area contributed by atoms with Crippen LogP contribution in [0.4, 0.5) is 10.8 Å². The molecule has 0 aliphatic heterocycles. The maximum Gasteiger partial charge on any atom is 0.350 e. The Labute approximate surface area is 152 Å². The van der Waals surface area contributed by atoms with E-state index in [9.17, 15) is 9.59 Å². The Morgan fingerprint density at radius 2 is 1.92 bits per heavy atom. The van der Waals surface area contributed by atoms with Gasteiger partial charge in [-0.2, -0.15) is 0 Å². The van der Waals surface area contributed by atoms with E-state index in [1.54, 1.807) is 23.2 Å². The molecule has 0 aliphatic rings. The van der Waals surface area contributed by atoms with Gasteiger partial charge in [0, 0.05) is 18.5 Å². The van der Waals surface area contributed by atoms with Gasteiger partial charge in [0.25, 0.3) is 0 Å². The van der Waals surface area contributed by atoms with Crippen LogP contribution in [0.2, 0.25) is 0 Å². The van der Waals surface area contributed by atoms with E-state index in [1.165, 1.54) is 27.3 Å². The number of carbonyl (C=O) groups is 1. The molecule has 8 heteroatoms. The summed E-state index contributed by atoms with van der Waals surface area (Å²) < 4.78 is 2.86. The molecule has 0 fully saturated rings. The number of carbonyl (C=O) groups excluding carboxylic acids is 1. The highest BCUT2D eigenvalue weighted by molar-refractivity contribution is 7.14. The molecule has 7 nitrogen and oxygen atoms in total. The van der Waals surface area contributed by atoms with E-state index in [-0.39, 0.29) is 18.1 Å². The Balaban J connectivity index is 1.66. The van der Waals surface area contributed by atoms with Gasteiger partial charge in [0.1, 0.15) is 0 Å². The maximum atomic E-state index is 12.4. The van der Waals surface area contributed by atoms with Crippen molar-refractivity contribution in [3.8, 4) is 0 Å². The van der Waals surface area contributed by atoms with Gasteiger partial charge < -0.3 is 0 Å². The average Bonchev–Trinajstić information content (AvgIpc) is 3.22. The van der Waals surface area contributed by atoms with Crippen LogP contribution >= 0.6 is 11.3 Å². The molecule has 0 radical (unpaired) electrons. The first-order valence-electron chi connectivity index (χ1n) is 7.98. The lowest BCUT2D eigenvalue weighted by Crippen LogP contribution is -2.23. The summed E-state index contributed by atoms with van der Waals surface area (Å²) in [4.78, 5) is 30.6. The van der Waals surface area contributed by atoms with Crippen molar-refractivity contribution in [2.24, 2.45) is 0 Å². The molecule has 1 aromatic carbocycles. The Morgan fingerprint density at radius 1 is 1.15 bits per heavy atom. The van der Waals surface area contributed by atoms with Crippen LogP contribution in [0.5, 0.6) is 0 Å². The lowest BCUT2D eigenvalue weighted by atomic mass is 10.3. The van der Waals surface area contributed by atoms with Gasteiger partial charge in [-0.3, -0.25) is 14.1 Å². The molecule has 0 N–H and O–H groups in total. The van der Waals surface area contributed by atoms with Crippen LogP contribution in [0, 0.1) is 0 Å². The summed E-state index contributed by atoms with van der Waals surface area (Å²) in [5, 5.41) is 6.71. The smallest absolute Gasteiger partial charge is 0.274 e. The van der Waals surface area contributed by atoms with Gasteiger partial charge in [-0.25, -0.2) is 14.5 Å². The van der Waals surface area contributed by atoms with Gasteiger partial charge in [0.05, 0.1) is 17.9 Å². The number of nitrogens with zero attached hydrogens (tertiary/aromatic N) is 5. The molecular weight excluding hydrogens is 350 g/mol. The molecule has 26 heavy (non-hydrogen) atoms. The number of anilines is 2. The molecule has 3 heterocycles. The summed E-state index contributed by atoms with van der Waals surface area (Å²) in [5.74, 6) is -0.123. The molecule has 0 saturated heterocycles. The highest BCUT2D eigenvalue weighted by Gasteiger charge is 2.18. The Hall–Kier alpha value is -3.26. The van der Waals surface area contributed by atoms with Crippen molar-refractivity contribution in [3.63, 3.8) is 0 Å². The van der Waals surface area contributed by atoms with E-state index in [4.69, 9.17) is 0 Å². The van der Waals surface area contributed by atoms with Crippen LogP contribution in [0.3, 0.4) is 0 Å². The predicted molar refractivity (Wildman–Crippen MR) is 99.9 cm³/mol. The number of hydrogen-bond donors (Lipinski definition) is 0. The van der Waals surface area contributed by atoms with Gasteiger partial charge in [-0.1, -0.05) is 24.3 Å². The first-order valence-corrected chi connectivity index (χ1v) is 8.86. The average molecular weight is 365 g/mol. The quantitative estimate of drug-likeness (QED) is 0.557. The maximum absolute atomic E-state index is 12.4. The van der Waals surface area contributed by atoms with E-state index >= 15 is 0 Å². The summed E-state index contributed by atoms with van der Waals surface area (Å²) in [6.07, 6.45) is 1.68. The second kappa shape index (κ2) is 6.57. The minimum atomic E-state index is -0.221. The Morgan fingerprint density at radius 3 is 2.65 bits per heavy atom. The number of rotatable bonds is 4. The lowest BCUT2D eigenvalue weighted by molar-refractivity contribution is -0.115. The van der Waals surface area contributed by atoms with Gasteiger partial charge in [0.15, 0.2) is 10.8 Å². The third kappa shape index (κ3) is 2.91. The highest BCUT2D eigenvalue weighted by Crippen LogP contribution is 2.28. The number of pyridine rings is 1. The van der Waals surface area contributed by atoms with Crippen molar-refractivity contribution in [3.05, 3.63) is 76.3 Å². The highest BCUT2D eigenvalue weighted by atomic mass is 32.1. The number of thiazole rings is 1. The summed E-state index contributed by atoms with van der Waals surface area (Å²) in [6.45, 7) is 1.75. The Bertz CT molecular complexity index is 1130. The molecule has 130 valence electrons. The van der Waals surface area contributed by atoms with Crippen LogP contribution < -0.4 is 10.6 Å². The van der Waals surface area contributed by atoms with Crippen LogP contribution in [0.25, 0.3) is 5.65 Å². The SMILES string of the molecule is CC(=O)N(c1ccccc1)c1nc(Cn2nc3ccccn3c2=O)cs1. The van der Waals surface area contributed by atoms with Crippen molar-refractivity contribution in [1.82, 2.24) is 19.2 Å². The zero-order chi connectivity index (χ0) is 18.1. The van der Waals surface area contributed by atoms with Crippen molar-refractivity contribution in [2.75, 3.05) is 4.90 Å². The number of amides is 1. The molecule has 0 unspecified atom stereocenters. The van der Waals surface area contributed by atoms with Gasteiger partial charge >= 0.3 is 5.69 Å². The number of hydrogen-bond acceptors (Lipinski definition) is 5. The van der Waals surface area contributed by atoms with Crippen LogP contribution in [-0.2, 0) is 11.3 Å². The third-order valence-electron chi connectivity index (χ3n) is 3.86. The second-order valence-corrected chi connectivity index (χ2v) is 6.52. The van der Waals surface area contributed by atoms with Gasteiger partial charge in [-0.05, 0) is 24.3 Å². The summed E-state index contributed by atoms with van der Waals surface area (Å²) in [6, 6.07) is 14.7.